The minimum absolute atomic E-state index is 0.0953. The van der Waals surface area contributed by atoms with Crippen LogP contribution >= 0.6 is 0 Å². The Bertz CT molecular complexity index is 833. The number of carboxylic acid groups (broad SMARTS) is 2. The number of fused-ring (bicyclic) bond motifs is 1. The monoisotopic (exact) mass is 445 g/mol. The first-order chi connectivity index (χ1) is 14.2. The number of anilines is 1. The summed E-state index contributed by atoms with van der Waals surface area (Å²) in [6.45, 7) is 0.227. The standard InChI is InChI=1S/C16H24N6O7S/c17-7(16(27)28)1-2-30(4-9(23)24)3-8-11(25)12(26)15(29-8)22-6-21-10-13(18)19-5-20-14(10)22/h6-8,11-12,15,25-26H,1-5,17H2,(H4-,18,19,20,23,24,27,28)/p+1/t7-,8+,11+,12+,15+,30?/m0/s1. The van der Waals surface area contributed by atoms with Gasteiger partial charge in [0.2, 0.25) is 5.75 Å². The second-order valence-electron chi connectivity index (χ2n) is 7.03. The van der Waals surface area contributed by atoms with Crippen molar-refractivity contribution in [3.63, 3.8) is 0 Å². The molecule has 14 heteroatoms. The van der Waals surface area contributed by atoms with E-state index in [1.54, 1.807) is 0 Å². The number of nitrogens with one attached hydrogen (secondary N) is 1. The molecule has 2 aliphatic rings. The number of nitrogens with two attached hydrogens (primary N) is 2. The fourth-order valence-corrected chi connectivity index (χ4v) is 5.43. The van der Waals surface area contributed by atoms with Crippen LogP contribution in [-0.2, 0) is 25.2 Å². The smallest absolute Gasteiger partial charge is 0.353 e. The van der Waals surface area contributed by atoms with Crippen LogP contribution in [0.15, 0.2) is 11.3 Å². The number of aliphatic imine (C=N–C) groups is 1. The van der Waals surface area contributed by atoms with E-state index in [4.69, 9.17) is 21.3 Å². The van der Waals surface area contributed by atoms with Crippen LogP contribution in [0.2, 0.25) is 0 Å². The number of hydrogen-bond acceptors (Lipinski definition) is 10. The molecular weight excluding hydrogens is 420 g/mol. The number of carbonyl (C=O) groups is 2. The molecule has 1 aromatic rings. The minimum Gasteiger partial charge on any atom is -0.480 e. The van der Waals surface area contributed by atoms with Crippen molar-refractivity contribution >= 4 is 34.5 Å². The first-order valence-corrected chi connectivity index (χ1v) is 10.9. The maximum Gasteiger partial charge on any atom is 0.353 e. The molecule has 1 saturated heterocycles. The lowest BCUT2D eigenvalue weighted by molar-refractivity contribution is -0.138. The summed E-state index contributed by atoms with van der Waals surface area (Å²) in [5.74, 6) is -1.30. The quantitative estimate of drug-likeness (QED) is 0.191. The van der Waals surface area contributed by atoms with Crippen molar-refractivity contribution < 1.29 is 34.8 Å². The number of amidine groups is 1. The van der Waals surface area contributed by atoms with Gasteiger partial charge in [-0.25, -0.2) is 14.8 Å². The van der Waals surface area contributed by atoms with Crippen molar-refractivity contribution in [2.75, 3.05) is 29.2 Å². The van der Waals surface area contributed by atoms with Gasteiger partial charge in [0.15, 0.2) is 6.23 Å². The number of hydrogen-bond donors (Lipinski definition) is 7. The highest BCUT2D eigenvalue weighted by Crippen LogP contribution is 2.34. The van der Waals surface area contributed by atoms with E-state index in [2.05, 4.69) is 15.3 Å². The van der Waals surface area contributed by atoms with Crippen LogP contribution in [-0.4, -0.2) is 96.0 Å². The molecule has 1 aromatic heterocycles. The van der Waals surface area contributed by atoms with E-state index in [0.29, 0.717) is 11.5 Å². The molecule has 0 bridgehead atoms. The van der Waals surface area contributed by atoms with E-state index in [0.717, 1.165) is 0 Å². The van der Waals surface area contributed by atoms with E-state index in [-0.39, 0.29) is 36.2 Å². The van der Waals surface area contributed by atoms with Gasteiger partial charge in [0, 0.05) is 17.3 Å². The van der Waals surface area contributed by atoms with Crippen LogP contribution in [0.1, 0.15) is 18.3 Å². The lowest BCUT2D eigenvalue weighted by Gasteiger charge is -2.21. The SMILES string of the molecule is NC1=NCNc2c1ncn2[C@@H]1O[C@H](C[S+](CC[C@H](N)C(=O)O)CC(=O)O)[C@@H](O)[C@H]1O. The highest BCUT2D eigenvalue weighted by molar-refractivity contribution is 7.97. The van der Waals surface area contributed by atoms with Crippen LogP contribution in [0.25, 0.3) is 0 Å². The van der Waals surface area contributed by atoms with Crippen molar-refractivity contribution in [3.05, 3.63) is 12.0 Å². The summed E-state index contributed by atoms with van der Waals surface area (Å²) in [6.07, 6.45) is -2.85. The third-order valence-corrected chi connectivity index (χ3v) is 7.17. The normalized spacial score (nSPS) is 27.6. The molecule has 166 valence electrons. The molecule has 0 saturated carbocycles. The van der Waals surface area contributed by atoms with Crippen molar-refractivity contribution in [2.24, 2.45) is 16.5 Å². The van der Waals surface area contributed by atoms with Crippen LogP contribution in [0.5, 0.6) is 0 Å². The number of aliphatic hydroxyl groups excluding tert-OH is 2. The Morgan fingerprint density at radius 2 is 2.10 bits per heavy atom. The highest BCUT2D eigenvalue weighted by Gasteiger charge is 2.48. The summed E-state index contributed by atoms with van der Waals surface area (Å²) in [5.41, 5.74) is 11.7. The number of carboxylic acids is 2. The van der Waals surface area contributed by atoms with Gasteiger partial charge in [-0.2, -0.15) is 0 Å². The van der Waals surface area contributed by atoms with Crippen LogP contribution < -0.4 is 16.8 Å². The highest BCUT2D eigenvalue weighted by atomic mass is 32.2. The second kappa shape index (κ2) is 9.18. The summed E-state index contributed by atoms with van der Waals surface area (Å²) in [5, 5.41) is 42.1. The Morgan fingerprint density at radius 1 is 1.37 bits per heavy atom. The van der Waals surface area contributed by atoms with E-state index >= 15 is 0 Å². The molecule has 0 aromatic carbocycles. The van der Waals surface area contributed by atoms with Gasteiger partial charge in [-0.3, -0.25) is 9.36 Å². The van der Waals surface area contributed by atoms with Gasteiger partial charge < -0.3 is 41.9 Å². The van der Waals surface area contributed by atoms with Gasteiger partial charge >= 0.3 is 11.9 Å². The zero-order chi connectivity index (χ0) is 22.0. The number of aromatic nitrogens is 2. The molecule has 6 atom stereocenters. The third kappa shape index (κ3) is 4.67. The molecule has 9 N–H and O–H groups in total. The van der Waals surface area contributed by atoms with Crippen LogP contribution in [0.4, 0.5) is 5.82 Å². The molecule has 3 heterocycles. The van der Waals surface area contributed by atoms with E-state index in [9.17, 15) is 24.9 Å². The van der Waals surface area contributed by atoms with Gasteiger partial charge in [-0.05, 0) is 0 Å². The molecule has 1 fully saturated rings. The Kier molecular flexibility index (Phi) is 6.82. The molecular formula is C16H25N6O7S+. The fraction of sp³-hybridized carbons (Fsp3) is 0.625. The molecule has 0 radical (unpaired) electrons. The fourth-order valence-electron chi connectivity index (χ4n) is 3.33. The van der Waals surface area contributed by atoms with E-state index < -0.39 is 53.4 Å². The Morgan fingerprint density at radius 3 is 2.77 bits per heavy atom. The van der Waals surface area contributed by atoms with Gasteiger partial charge in [-0.15, -0.1) is 0 Å². The van der Waals surface area contributed by atoms with Crippen molar-refractivity contribution in [2.45, 2.75) is 37.0 Å². The predicted molar refractivity (Wildman–Crippen MR) is 107 cm³/mol. The topological polar surface area (TPSA) is 219 Å². The van der Waals surface area contributed by atoms with E-state index in [1.807, 2.05) is 0 Å². The lowest BCUT2D eigenvalue weighted by atomic mass is 10.1. The average molecular weight is 445 g/mol. The first-order valence-electron chi connectivity index (χ1n) is 9.16. The number of ether oxygens (including phenoxy) is 1. The summed E-state index contributed by atoms with van der Waals surface area (Å²) in [7, 11) is -0.805. The van der Waals surface area contributed by atoms with E-state index in [1.165, 1.54) is 10.9 Å². The Labute approximate surface area is 174 Å². The lowest BCUT2D eigenvalue weighted by Crippen LogP contribution is -2.39. The zero-order valence-corrected chi connectivity index (χ0v) is 16.7. The molecule has 2 aliphatic heterocycles. The maximum atomic E-state index is 11.2. The number of nitrogens with zero attached hydrogens (tertiary/aromatic N) is 3. The predicted octanol–water partition coefficient (Wildman–Crippen LogP) is -2.90. The molecule has 3 rings (SSSR count). The molecule has 13 nitrogen and oxygen atoms in total. The molecule has 0 aliphatic carbocycles. The summed E-state index contributed by atoms with van der Waals surface area (Å²) < 4.78 is 7.38. The van der Waals surface area contributed by atoms with Gasteiger partial charge in [0.05, 0.1) is 6.33 Å². The Hall–Kier alpha value is -2.39. The molecule has 30 heavy (non-hydrogen) atoms. The van der Waals surface area contributed by atoms with Crippen molar-refractivity contribution in [3.8, 4) is 0 Å². The maximum absolute atomic E-state index is 11.2. The summed E-state index contributed by atoms with van der Waals surface area (Å²) in [4.78, 5) is 30.3. The Balaban J connectivity index is 1.71. The van der Waals surface area contributed by atoms with Gasteiger partial charge in [0.25, 0.3) is 0 Å². The van der Waals surface area contributed by atoms with Crippen LogP contribution in [0, 0.1) is 0 Å². The minimum atomic E-state index is -1.29. The van der Waals surface area contributed by atoms with Crippen molar-refractivity contribution in [1.82, 2.24) is 9.55 Å². The largest absolute Gasteiger partial charge is 0.480 e. The zero-order valence-electron chi connectivity index (χ0n) is 15.9. The summed E-state index contributed by atoms with van der Waals surface area (Å²) >= 11 is 0. The van der Waals surface area contributed by atoms with Gasteiger partial charge in [0.1, 0.15) is 59.9 Å². The second-order valence-corrected chi connectivity index (χ2v) is 9.28. The third-order valence-electron chi connectivity index (χ3n) is 4.91. The number of aliphatic hydroxyl groups is 2. The number of aliphatic carboxylic acids is 2. The average Bonchev–Trinajstić information content (AvgIpc) is 3.22. The number of imidazole rings is 1. The molecule has 0 spiro atoms. The first kappa shape index (κ1) is 22.3. The summed E-state index contributed by atoms with van der Waals surface area (Å²) in [6, 6.07) is -1.10. The van der Waals surface area contributed by atoms with Crippen molar-refractivity contribution in [1.29, 1.82) is 0 Å². The molecule has 0 amide bonds. The van der Waals surface area contributed by atoms with Gasteiger partial charge in [-0.1, -0.05) is 0 Å². The van der Waals surface area contributed by atoms with Crippen LogP contribution in [0.3, 0.4) is 0 Å². The molecule has 1 unspecified atom stereocenters. The number of rotatable bonds is 9.